The third kappa shape index (κ3) is 3.22. The van der Waals surface area contributed by atoms with E-state index >= 15 is 0 Å². The van der Waals surface area contributed by atoms with E-state index in [2.05, 4.69) is 26.6 Å². The summed E-state index contributed by atoms with van der Waals surface area (Å²) in [6, 6.07) is 7.32. The summed E-state index contributed by atoms with van der Waals surface area (Å²) in [4.78, 5) is 6.95. The number of hydrogen-bond acceptors (Lipinski definition) is 4. The highest BCUT2D eigenvalue weighted by Gasteiger charge is 2.34. The summed E-state index contributed by atoms with van der Waals surface area (Å²) in [5, 5.41) is 6.93. The molecule has 2 heterocycles. The average Bonchev–Trinajstić information content (AvgIpc) is 3.12. The molecule has 2 fully saturated rings. The largest absolute Gasteiger partial charge is 0.454 e. The molecule has 0 amide bonds. The normalized spacial score (nSPS) is 24.0. The van der Waals surface area contributed by atoms with Gasteiger partial charge < -0.3 is 20.1 Å². The number of para-hydroxylation sites is 1. The fourth-order valence-electron chi connectivity index (χ4n) is 3.37. The lowest BCUT2D eigenvalue weighted by Gasteiger charge is -2.19. The van der Waals surface area contributed by atoms with Crippen molar-refractivity contribution < 1.29 is 9.47 Å². The molecule has 1 saturated heterocycles. The number of hydrogen-bond donors (Lipinski definition) is 2. The predicted octanol–water partition coefficient (Wildman–Crippen LogP) is 1.32. The van der Waals surface area contributed by atoms with Crippen LogP contribution in [0.3, 0.4) is 0 Å². The summed E-state index contributed by atoms with van der Waals surface area (Å²) in [5.74, 6) is 2.52. The molecular formula is C17H24N4O2. The predicted molar refractivity (Wildman–Crippen MR) is 88.9 cm³/mol. The fraction of sp³-hybridized carbons (Fsp3) is 0.588. The van der Waals surface area contributed by atoms with E-state index in [1.807, 2.05) is 19.2 Å². The first kappa shape index (κ1) is 14.6. The molecule has 3 aliphatic rings. The lowest BCUT2D eigenvalue weighted by molar-refractivity contribution is 0.173. The molecule has 0 radical (unpaired) electrons. The molecule has 1 aromatic rings. The van der Waals surface area contributed by atoms with Gasteiger partial charge in [-0.05, 0) is 25.3 Å². The number of benzene rings is 1. The Kier molecular flexibility index (Phi) is 3.99. The summed E-state index contributed by atoms with van der Waals surface area (Å²) >= 11 is 0. The van der Waals surface area contributed by atoms with Gasteiger partial charge in [-0.2, -0.15) is 0 Å². The van der Waals surface area contributed by atoms with Gasteiger partial charge >= 0.3 is 0 Å². The van der Waals surface area contributed by atoms with Crippen LogP contribution in [0.1, 0.15) is 24.8 Å². The van der Waals surface area contributed by atoms with E-state index < -0.39 is 0 Å². The molecule has 2 aliphatic heterocycles. The quantitative estimate of drug-likeness (QED) is 0.648. The van der Waals surface area contributed by atoms with Gasteiger partial charge in [-0.1, -0.05) is 12.1 Å². The van der Waals surface area contributed by atoms with Crippen molar-refractivity contribution in [1.29, 1.82) is 0 Å². The highest BCUT2D eigenvalue weighted by molar-refractivity contribution is 5.80. The number of likely N-dealkylation sites (tertiary alicyclic amines) is 1. The molecule has 2 N–H and O–H groups in total. The Morgan fingerprint density at radius 3 is 3.04 bits per heavy atom. The van der Waals surface area contributed by atoms with Crippen molar-refractivity contribution in [2.75, 3.05) is 26.9 Å². The maximum atomic E-state index is 5.55. The monoisotopic (exact) mass is 316 g/mol. The molecule has 0 spiro atoms. The molecule has 6 heteroatoms. The second kappa shape index (κ2) is 6.28. The minimum Gasteiger partial charge on any atom is -0.454 e. The third-order valence-corrected chi connectivity index (χ3v) is 4.77. The number of ether oxygens (including phenoxy) is 2. The molecule has 1 aliphatic carbocycles. The van der Waals surface area contributed by atoms with E-state index in [1.165, 1.54) is 25.8 Å². The van der Waals surface area contributed by atoms with Crippen molar-refractivity contribution in [2.45, 2.75) is 37.9 Å². The van der Waals surface area contributed by atoms with Crippen molar-refractivity contribution in [3.63, 3.8) is 0 Å². The van der Waals surface area contributed by atoms with E-state index in [4.69, 9.17) is 9.47 Å². The summed E-state index contributed by atoms with van der Waals surface area (Å²) in [6.07, 6.45) is 3.94. The van der Waals surface area contributed by atoms with Gasteiger partial charge in [0.25, 0.3) is 0 Å². The Morgan fingerprint density at radius 1 is 1.30 bits per heavy atom. The maximum absolute atomic E-state index is 5.55. The van der Waals surface area contributed by atoms with Gasteiger partial charge in [-0.25, -0.2) is 0 Å². The molecule has 0 aromatic heterocycles. The number of rotatable bonds is 4. The SMILES string of the molecule is CN=C(NCc1cccc2c1OCO2)NC1CCN(C2CC2)C1. The molecule has 1 aromatic carbocycles. The maximum Gasteiger partial charge on any atom is 0.231 e. The van der Waals surface area contributed by atoms with Gasteiger partial charge in [0, 0.05) is 44.3 Å². The van der Waals surface area contributed by atoms with Crippen LogP contribution in [0.15, 0.2) is 23.2 Å². The Labute approximate surface area is 136 Å². The van der Waals surface area contributed by atoms with Crippen LogP contribution < -0.4 is 20.1 Å². The van der Waals surface area contributed by atoms with Crippen molar-refractivity contribution in [3.8, 4) is 11.5 Å². The smallest absolute Gasteiger partial charge is 0.231 e. The highest BCUT2D eigenvalue weighted by atomic mass is 16.7. The number of aliphatic imine (C=N–C) groups is 1. The van der Waals surface area contributed by atoms with Gasteiger partial charge in [0.05, 0.1) is 0 Å². The van der Waals surface area contributed by atoms with Crippen LogP contribution in [-0.2, 0) is 6.54 Å². The van der Waals surface area contributed by atoms with Gasteiger partial charge in [0.15, 0.2) is 17.5 Å². The van der Waals surface area contributed by atoms with Gasteiger partial charge in [0.2, 0.25) is 6.79 Å². The second-order valence-corrected chi connectivity index (χ2v) is 6.43. The molecule has 4 rings (SSSR count). The van der Waals surface area contributed by atoms with Crippen LogP contribution >= 0.6 is 0 Å². The van der Waals surface area contributed by atoms with E-state index in [0.29, 0.717) is 19.4 Å². The Bertz CT molecular complexity index is 600. The third-order valence-electron chi connectivity index (χ3n) is 4.77. The molecule has 124 valence electrons. The van der Waals surface area contributed by atoms with Crippen molar-refractivity contribution in [3.05, 3.63) is 23.8 Å². The minimum atomic E-state index is 0.304. The zero-order valence-corrected chi connectivity index (χ0v) is 13.5. The van der Waals surface area contributed by atoms with Crippen molar-refractivity contribution >= 4 is 5.96 Å². The Balaban J connectivity index is 1.32. The first-order valence-electron chi connectivity index (χ1n) is 8.42. The number of nitrogens with one attached hydrogen (secondary N) is 2. The zero-order chi connectivity index (χ0) is 15.6. The first-order valence-corrected chi connectivity index (χ1v) is 8.42. The molecule has 0 bridgehead atoms. The van der Waals surface area contributed by atoms with E-state index in [0.717, 1.165) is 35.6 Å². The summed E-state index contributed by atoms with van der Waals surface area (Å²) in [5.41, 5.74) is 1.09. The molecule has 1 unspecified atom stereocenters. The molecular weight excluding hydrogens is 292 g/mol. The summed E-state index contributed by atoms with van der Waals surface area (Å²) in [6.45, 7) is 3.31. The van der Waals surface area contributed by atoms with E-state index in [9.17, 15) is 0 Å². The number of guanidine groups is 1. The van der Waals surface area contributed by atoms with Crippen LogP contribution in [0, 0.1) is 0 Å². The van der Waals surface area contributed by atoms with E-state index in [-0.39, 0.29) is 0 Å². The first-order chi connectivity index (χ1) is 11.3. The standard InChI is InChI=1S/C17H24N4O2/c1-18-17(20-13-7-8-21(10-13)14-5-6-14)19-9-12-3-2-4-15-16(12)23-11-22-15/h2-4,13-14H,5-11H2,1H3,(H2,18,19,20). The minimum absolute atomic E-state index is 0.304. The molecule has 23 heavy (non-hydrogen) atoms. The van der Waals surface area contributed by atoms with Gasteiger partial charge in [0.1, 0.15) is 0 Å². The van der Waals surface area contributed by atoms with Gasteiger partial charge in [-0.3, -0.25) is 9.89 Å². The average molecular weight is 316 g/mol. The zero-order valence-electron chi connectivity index (χ0n) is 13.5. The van der Waals surface area contributed by atoms with Crippen LogP contribution in [0.2, 0.25) is 0 Å². The van der Waals surface area contributed by atoms with Gasteiger partial charge in [-0.15, -0.1) is 0 Å². The van der Waals surface area contributed by atoms with Crippen molar-refractivity contribution in [1.82, 2.24) is 15.5 Å². The Hall–Kier alpha value is -1.95. The topological polar surface area (TPSA) is 58.1 Å². The highest BCUT2D eigenvalue weighted by Crippen LogP contribution is 2.35. The second-order valence-electron chi connectivity index (χ2n) is 6.43. The van der Waals surface area contributed by atoms with Crippen LogP contribution in [0.25, 0.3) is 0 Å². The fourth-order valence-corrected chi connectivity index (χ4v) is 3.37. The molecule has 6 nitrogen and oxygen atoms in total. The number of fused-ring (bicyclic) bond motifs is 1. The van der Waals surface area contributed by atoms with E-state index in [1.54, 1.807) is 0 Å². The van der Waals surface area contributed by atoms with Crippen molar-refractivity contribution in [2.24, 2.45) is 4.99 Å². The Morgan fingerprint density at radius 2 is 2.22 bits per heavy atom. The van der Waals surface area contributed by atoms with Crippen LogP contribution in [0.5, 0.6) is 11.5 Å². The van der Waals surface area contributed by atoms with Crippen LogP contribution in [0.4, 0.5) is 0 Å². The lowest BCUT2D eigenvalue weighted by Crippen LogP contribution is -2.44. The summed E-state index contributed by atoms with van der Waals surface area (Å²) < 4.78 is 11.0. The molecule has 1 atom stereocenters. The molecule has 1 saturated carbocycles. The summed E-state index contributed by atoms with van der Waals surface area (Å²) in [7, 11) is 1.82. The lowest BCUT2D eigenvalue weighted by atomic mass is 10.2. The van der Waals surface area contributed by atoms with Crippen LogP contribution in [-0.4, -0.2) is 49.9 Å². The number of nitrogens with zero attached hydrogens (tertiary/aromatic N) is 2.